The summed E-state index contributed by atoms with van der Waals surface area (Å²) in [5.41, 5.74) is 0.734. The molecule has 25 heavy (non-hydrogen) atoms. The van der Waals surface area contributed by atoms with Crippen molar-refractivity contribution in [2.45, 2.75) is 18.7 Å². The van der Waals surface area contributed by atoms with Crippen LogP contribution >= 0.6 is 11.6 Å². The van der Waals surface area contributed by atoms with Gasteiger partial charge in [-0.05, 0) is 49.2 Å². The Hall–Kier alpha value is -2.49. The summed E-state index contributed by atoms with van der Waals surface area (Å²) in [6, 6.07) is 6.22. The maximum absolute atomic E-state index is 12.4. The van der Waals surface area contributed by atoms with E-state index in [9.17, 15) is 23.3 Å². The van der Waals surface area contributed by atoms with Gasteiger partial charge in [0.25, 0.3) is 11.6 Å². The second-order valence-corrected chi connectivity index (χ2v) is 7.33. The van der Waals surface area contributed by atoms with E-state index in [4.69, 9.17) is 16.7 Å². The molecule has 8 nitrogen and oxygen atoms in total. The van der Waals surface area contributed by atoms with Gasteiger partial charge in [-0.1, -0.05) is 11.6 Å². The van der Waals surface area contributed by atoms with E-state index in [-0.39, 0.29) is 21.2 Å². The molecule has 0 saturated carbocycles. The van der Waals surface area contributed by atoms with Crippen LogP contribution in [0.3, 0.4) is 0 Å². The molecule has 0 unspecified atom stereocenters. The Kier molecular flexibility index (Phi) is 5.12. The molecule has 0 atom stereocenters. The van der Waals surface area contributed by atoms with Crippen LogP contribution in [0.15, 0.2) is 35.2 Å². The molecule has 2 aromatic rings. The van der Waals surface area contributed by atoms with E-state index in [0.29, 0.717) is 11.1 Å². The number of primary sulfonamides is 1. The second-order valence-electron chi connectivity index (χ2n) is 5.33. The Bertz CT molecular complexity index is 989. The number of carbonyl (C=O) groups excluding carboxylic acids is 1. The van der Waals surface area contributed by atoms with E-state index in [1.165, 1.54) is 24.3 Å². The lowest BCUT2D eigenvalue weighted by Crippen LogP contribution is -2.17. The molecule has 0 heterocycles. The van der Waals surface area contributed by atoms with E-state index in [1.54, 1.807) is 13.8 Å². The van der Waals surface area contributed by atoms with Crippen LogP contribution in [-0.4, -0.2) is 19.2 Å². The number of amides is 1. The van der Waals surface area contributed by atoms with Gasteiger partial charge in [0.15, 0.2) is 0 Å². The minimum Gasteiger partial charge on any atom is -0.321 e. The Balaban J connectivity index is 2.49. The normalized spacial score (nSPS) is 11.2. The standard InChI is InChI=1S/C15H14ClN3O5S/c1-8-5-11(25(17,23)24)7-13(9(8)2)18-15(20)12-4-3-10(16)6-14(12)19(21)22/h3-7H,1-2H3,(H,18,20)(H2,17,23,24). The number of sulfonamides is 1. The van der Waals surface area contributed by atoms with Crippen molar-refractivity contribution in [2.24, 2.45) is 5.14 Å². The van der Waals surface area contributed by atoms with Crippen LogP contribution in [0.1, 0.15) is 21.5 Å². The number of rotatable bonds is 4. The number of benzene rings is 2. The molecule has 132 valence electrons. The molecule has 3 N–H and O–H groups in total. The number of aryl methyl sites for hydroxylation is 1. The first-order valence-electron chi connectivity index (χ1n) is 6.90. The van der Waals surface area contributed by atoms with Gasteiger partial charge in [-0.3, -0.25) is 14.9 Å². The topological polar surface area (TPSA) is 132 Å². The lowest BCUT2D eigenvalue weighted by atomic mass is 10.1. The van der Waals surface area contributed by atoms with Gasteiger partial charge < -0.3 is 5.32 Å². The number of nitro benzene ring substituents is 1. The van der Waals surface area contributed by atoms with Gasteiger partial charge in [-0.25, -0.2) is 13.6 Å². The molecular weight excluding hydrogens is 370 g/mol. The largest absolute Gasteiger partial charge is 0.321 e. The molecular formula is C15H14ClN3O5S. The van der Waals surface area contributed by atoms with Gasteiger partial charge in [0.2, 0.25) is 10.0 Å². The summed E-state index contributed by atoms with van der Waals surface area (Å²) in [6.45, 7) is 3.33. The summed E-state index contributed by atoms with van der Waals surface area (Å²) < 4.78 is 23.1. The molecule has 0 aliphatic rings. The highest BCUT2D eigenvalue weighted by Gasteiger charge is 2.22. The van der Waals surface area contributed by atoms with Gasteiger partial charge >= 0.3 is 0 Å². The Morgan fingerprint density at radius 2 is 1.88 bits per heavy atom. The number of nitro groups is 1. The van der Waals surface area contributed by atoms with Crippen molar-refractivity contribution in [1.82, 2.24) is 0 Å². The zero-order valence-electron chi connectivity index (χ0n) is 13.2. The first kappa shape index (κ1) is 18.8. The first-order valence-corrected chi connectivity index (χ1v) is 8.82. The van der Waals surface area contributed by atoms with Crippen LogP contribution in [0, 0.1) is 24.0 Å². The fraction of sp³-hybridized carbons (Fsp3) is 0.133. The summed E-state index contributed by atoms with van der Waals surface area (Å²) in [7, 11) is -3.97. The highest BCUT2D eigenvalue weighted by Crippen LogP contribution is 2.27. The average molecular weight is 384 g/mol. The summed E-state index contributed by atoms with van der Waals surface area (Å²) >= 11 is 5.73. The SMILES string of the molecule is Cc1cc(S(N)(=O)=O)cc(NC(=O)c2ccc(Cl)cc2[N+](=O)[O-])c1C. The molecule has 0 aliphatic carbocycles. The molecule has 2 rings (SSSR count). The quantitative estimate of drug-likeness (QED) is 0.618. The molecule has 0 saturated heterocycles. The fourth-order valence-electron chi connectivity index (χ4n) is 2.16. The van der Waals surface area contributed by atoms with Crippen LogP contribution in [0.4, 0.5) is 11.4 Å². The van der Waals surface area contributed by atoms with E-state index in [0.717, 1.165) is 6.07 Å². The maximum atomic E-state index is 12.4. The Labute approximate surface area is 148 Å². The Morgan fingerprint density at radius 3 is 2.44 bits per heavy atom. The van der Waals surface area contributed by atoms with Gasteiger partial charge in [0.1, 0.15) is 5.56 Å². The number of hydrogen-bond donors (Lipinski definition) is 2. The van der Waals surface area contributed by atoms with Gasteiger partial charge in [-0.2, -0.15) is 0 Å². The number of anilines is 1. The van der Waals surface area contributed by atoms with Crippen molar-refractivity contribution < 1.29 is 18.1 Å². The van der Waals surface area contributed by atoms with Gasteiger partial charge in [0, 0.05) is 16.8 Å². The lowest BCUT2D eigenvalue weighted by molar-refractivity contribution is -0.385. The number of nitrogens with zero attached hydrogens (tertiary/aromatic N) is 1. The van der Waals surface area contributed by atoms with Crippen molar-refractivity contribution in [2.75, 3.05) is 5.32 Å². The van der Waals surface area contributed by atoms with Crippen LogP contribution in [0.25, 0.3) is 0 Å². The van der Waals surface area contributed by atoms with Crippen LogP contribution in [-0.2, 0) is 10.0 Å². The summed E-state index contributed by atoms with van der Waals surface area (Å²) in [4.78, 5) is 22.7. The predicted octanol–water partition coefficient (Wildman–Crippen LogP) is 2.76. The van der Waals surface area contributed by atoms with E-state index in [2.05, 4.69) is 5.32 Å². The third-order valence-corrected chi connectivity index (χ3v) is 4.75. The van der Waals surface area contributed by atoms with Crippen molar-refractivity contribution >= 4 is 38.9 Å². The summed E-state index contributed by atoms with van der Waals surface area (Å²) in [6.07, 6.45) is 0. The number of hydrogen-bond acceptors (Lipinski definition) is 5. The van der Waals surface area contributed by atoms with E-state index < -0.39 is 26.5 Å². The molecule has 0 fully saturated rings. The minimum atomic E-state index is -3.97. The predicted molar refractivity (Wildman–Crippen MR) is 93.3 cm³/mol. The first-order chi connectivity index (χ1) is 11.5. The molecule has 0 spiro atoms. The average Bonchev–Trinajstić information content (AvgIpc) is 2.50. The van der Waals surface area contributed by atoms with Crippen molar-refractivity contribution in [3.8, 4) is 0 Å². The lowest BCUT2D eigenvalue weighted by Gasteiger charge is -2.13. The van der Waals surface area contributed by atoms with Crippen molar-refractivity contribution in [3.63, 3.8) is 0 Å². The number of halogens is 1. The van der Waals surface area contributed by atoms with Crippen LogP contribution in [0.2, 0.25) is 5.02 Å². The van der Waals surface area contributed by atoms with E-state index >= 15 is 0 Å². The van der Waals surface area contributed by atoms with E-state index in [1.807, 2.05) is 0 Å². The van der Waals surface area contributed by atoms with Crippen molar-refractivity contribution in [3.05, 3.63) is 62.2 Å². The molecule has 0 radical (unpaired) electrons. The van der Waals surface area contributed by atoms with Crippen LogP contribution < -0.4 is 10.5 Å². The molecule has 1 amide bonds. The molecule has 0 bridgehead atoms. The zero-order valence-corrected chi connectivity index (χ0v) is 14.8. The smallest absolute Gasteiger partial charge is 0.283 e. The molecule has 0 aliphatic heterocycles. The second kappa shape index (κ2) is 6.79. The summed E-state index contributed by atoms with van der Waals surface area (Å²) in [5.74, 6) is -0.766. The third-order valence-electron chi connectivity index (χ3n) is 3.62. The van der Waals surface area contributed by atoms with Crippen LogP contribution in [0.5, 0.6) is 0 Å². The Morgan fingerprint density at radius 1 is 1.24 bits per heavy atom. The third kappa shape index (κ3) is 4.13. The van der Waals surface area contributed by atoms with Gasteiger partial charge in [0.05, 0.1) is 9.82 Å². The highest BCUT2D eigenvalue weighted by molar-refractivity contribution is 7.89. The number of nitrogens with one attached hydrogen (secondary N) is 1. The minimum absolute atomic E-state index is 0.117. The highest BCUT2D eigenvalue weighted by atomic mass is 35.5. The summed E-state index contributed by atoms with van der Waals surface area (Å²) in [5, 5.41) is 18.8. The fourth-order valence-corrected chi connectivity index (χ4v) is 2.95. The maximum Gasteiger partial charge on any atom is 0.283 e. The number of nitrogens with two attached hydrogens (primary N) is 1. The number of carbonyl (C=O) groups is 1. The van der Waals surface area contributed by atoms with Crippen molar-refractivity contribution in [1.29, 1.82) is 0 Å². The molecule has 0 aromatic heterocycles. The molecule has 10 heteroatoms. The van der Waals surface area contributed by atoms with Gasteiger partial charge in [-0.15, -0.1) is 0 Å². The zero-order chi connectivity index (χ0) is 18.9. The molecule has 2 aromatic carbocycles. The monoisotopic (exact) mass is 383 g/mol.